The minimum Gasteiger partial charge on any atom is -0.497 e. The summed E-state index contributed by atoms with van der Waals surface area (Å²) in [6.07, 6.45) is 0.511. The molecule has 2 N–H and O–H groups in total. The van der Waals surface area contributed by atoms with Crippen molar-refractivity contribution in [3.05, 3.63) is 65.2 Å². The lowest BCUT2D eigenvalue weighted by molar-refractivity contribution is -0.124. The molecule has 0 spiro atoms. The molecule has 0 saturated carbocycles. The second kappa shape index (κ2) is 12.0. The van der Waals surface area contributed by atoms with Crippen LogP contribution < -0.4 is 15.4 Å². The molecule has 0 aromatic heterocycles. The Hall–Kier alpha value is -3.02. The average molecular weight is 427 g/mol. The number of amides is 2. The van der Waals surface area contributed by atoms with Crippen LogP contribution in [0.15, 0.2) is 48.5 Å². The summed E-state index contributed by atoms with van der Waals surface area (Å²) in [5.41, 5.74) is 3.40. The molecular weight excluding hydrogens is 392 g/mol. The summed E-state index contributed by atoms with van der Waals surface area (Å²) >= 11 is 0. The minimum atomic E-state index is -0.691. The molecule has 0 aliphatic carbocycles. The van der Waals surface area contributed by atoms with Crippen LogP contribution in [0.5, 0.6) is 5.75 Å². The summed E-state index contributed by atoms with van der Waals surface area (Å²) in [6, 6.07) is 15.2. The first-order chi connectivity index (χ1) is 14.8. The molecule has 0 saturated heterocycles. The van der Waals surface area contributed by atoms with Crippen molar-refractivity contribution in [2.24, 2.45) is 5.92 Å². The van der Waals surface area contributed by atoms with Crippen LogP contribution >= 0.6 is 0 Å². The zero-order valence-electron chi connectivity index (χ0n) is 19.1. The maximum Gasteiger partial charge on any atom is 0.408 e. The molecule has 2 aromatic carbocycles. The van der Waals surface area contributed by atoms with Gasteiger partial charge in [0.25, 0.3) is 0 Å². The number of methoxy groups -OCH3 is 1. The van der Waals surface area contributed by atoms with Gasteiger partial charge in [-0.2, -0.15) is 0 Å². The molecule has 0 fully saturated rings. The van der Waals surface area contributed by atoms with Crippen LogP contribution in [0.25, 0.3) is 0 Å². The lowest BCUT2D eigenvalue weighted by Crippen LogP contribution is -2.51. The van der Waals surface area contributed by atoms with E-state index in [0.29, 0.717) is 19.4 Å². The van der Waals surface area contributed by atoms with Gasteiger partial charge in [0.15, 0.2) is 0 Å². The Balaban J connectivity index is 1.99. The summed E-state index contributed by atoms with van der Waals surface area (Å²) in [5, 5.41) is 5.71. The van der Waals surface area contributed by atoms with Gasteiger partial charge in [-0.05, 0) is 62.8 Å². The number of hydrogen-bond acceptors (Lipinski definition) is 4. The Bertz CT molecular complexity index is 832. The van der Waals surface area contributed by atoms with Crippen LogP contribution in [0, 0.1) is 12.8 Å². The van der Waals surface area contributed by atoms with Crippen molar-refractivity contribution in [2.45, 2.75) is 52.7 Å². The van der Waals surface area contributed by atoms with E-state index >= 15 is 0 Å². The van der Waals surface area contributed by atoms with Crippen molar-refractivity contribution < 1.29 is 19.1 Å². The topological polar surface area (TPSA) is 76.7 Å². The van der Waals surface area contributed by atoms with Crippen LogP contribution in [0.1, 0.15) is 37.5 Å². The first kappa shape index (κ1) is 24.3. The number of carbonyl (C=O) groups is 2. The lowest BCUT2D eigenvalue weighted by Gasteiger charge is -2.25. The normalized spacial score (nSPS) is 12.7. The summed E-state index contributed by atoms with van der Waals surface area (Å²) < 4.78 is 10.4. The smallest absolute Gasteiger partial charge is 0.408 e. The molecule has 2 amide bonds. The fourth-order valence-corrected chi connectivity index (χ4v) is 3.29. The molecule has 0 aliphatic heterocycles. The van der Waals surface area contributed by atoms with Crippen molar-refractivity contribution in [1.82, 2.24) is 10.6 Å². The molecule has 0 heterocycles. The van der Waals surface area contributed by atoms with Gasteiger partial charge in [0, 0.05) is 6.54 Å². The van der Waals surface area contributed by atoms with E-state index in [2.05, 4.69) is 22.8 Å². The molecule has 6 nitrogen and oxygen atoms in total. The van der Waals surface area contributed by atoms with Crippen molar-refractivity contribution >= 4 is 12.0 Å². The van der Waals surface area contributed by atoms with Gasteiger partial charge in [-0.3, -0.25) is 4.79 Å². The standard InChI is InChI=1S/C25H34N2O4/c1-17(2)31-25(29)27-23(19(4)16-21-8-6-18(3)7-9-21)24(28)26-15-14-20-10-12-22(30-5)13-11-20/h6-13,17,19,23H,14-16H2,1-5H3,(H,26,28)(H,27,29)/t19-,23+/m1/s1. The van der Waals surface area contributed by atoms with E-state index in [4.69, 9.17) is 9.47 Å². The predicted octanol–water partition coefficient (Wildman–Crippen LogP) is 4.04. The molecule has 0 unspecified atom stereocenters. The Kier molecular flexibility index (Phi) is 9.38. The molecular formula is C25H34N2O4. The van der Waals surface area contributed by atoms with Gasteiger partial charge in [-0.25, -0.2) is 4.79 Å². The van der Waals surface area contributed by atoms with Gasteiger partial charge in [-0.15, -0.1) is 0 Å². The number of benzene rings is 2. The first-order valence-electron chi connectivity index (χ1n) is 10.7. The molecule has 2 rings (SSSR count). The Labute approximate surface area is 185 Å². The number of ether oxygens (including phenoxy) is 2. The molecule has 0 aliphatic rings. The Morgan fingerprint density at radius 2 is 1.55 bits per heavy atom. The third-order valence-electron chi connectivity index (χ3n) is 5.02. The predicted molar refractivity (Wildman–Crippen MR) is 122 cm³/mol. The molecule has 168 valence electrons. The summed E-state index contributed by atoms with van der Waals surface area (Å²) in [5.74, 6) is 0.475. The van der Waals surface area contributed by atoms with Crippen molar-refractivity contribution in [2.75, 3.05) is 13.7 Å². The molecule has 31 heavy (non-hydrogen) atoms. The van der Waals surface area contributed by atoms with Gasteiger partial charge < -0.3 is 20.1 Å². The average Bonchev–Trinajstić information content (AvgIpc) is 2.73. The molecule has 2 atom stereocenters. The summed E-state index contributed by atoms with van der Waals surface area (Å²) in [4.78, 5) is 25.1. The van der Waals surface area contributed by atoms with E-state index in [1.807, 2.05) is 50.2 Å². The number of carbonyl (C=O) groups excluding carboxylic acids is 2. The zero-order chi connectivity index (χ0) is 22.8. The second-order valence-corrected chi connectivity index (χ2v) is 8.13. The van der Waals surface area contributed by atoms with E-state index in [1.54, 1.807) is 21.0 Å². The number of aryl methyl sites for hydroxylation is 1. The highest BCUT2D eigenvalue weighted by Crippen LogP contribution is 2.15. The van der Waals surface area contributed by atoms with Crippen molar-refractivity contribution in [3.63, 3.8) is 0 Å². The maximum absolute atomic E-state index is 12.9. The lowest BCUT2D eigenvalue weighted by atomic mass is 9.93. The van der Waals surface area contributed by atoms with Crippen LogP contribution in [0.3, 0.4) is 0 Å². The Morgan fingerprint density at radius 3 is 2.13 bits per heavy atom. The largest absolute Gasteiger partial charge is 0.497 e. The molecule has 2 aromatic rings. The van der Waals surface area contributed by atoms with Crippen LogP contribution in [0.4, 0.5) is 4.79 Å². The minimum absolute atomic E-state index is 0.108. The number of rotatable bonds is 10. The number of nitrogens with one attached hydrogen (secondary N) is 2. The Morgan fingerprint density at radius 1 is 0.935 bits per heavy atom. The second-order valence-electron chi connectivity index (χ2n) is 8.13. The highest BCUT2D eigenvalue weighted by atomic mass is 16.6. The van der Waals surface area contributed by atoms with E-state index < -0.39 is 12.1 Å². The third kappa shape index (κ3) is 8.32. The maximum atomic E-state index is 12.9. The van der Waals surface area contributed by atoms with Crippen molar-refractivity contribution in [3.8, 4) is 5.75 Å². The van der Waals surface area contributed by atoms with Crippen LogP contribution in [-0.4, -0.2) is 37.8 Å². The SMILES string of the molecule is COc1ccc(CCNC(=O)[C@@H](NC(=O)OC(C)C)[C@H](C)Cc2ccc(C)cc2)cc1. The molecule has 0 radical (unpaired) electrons. The highest BCUT2D eigenvalue weighted by molar-refractivity contribution is 5.86. The number of hydrogen-bond donors (Lipinski definition) is 2. The quantitative estimate of drug-likeness (QED) is 0.601. The molecule has 0 bridgehead atoms. The van der Waals surface area contributed by atoms with Crippen LogP contribution in [0.2, 0.25) is 0 Å². The van der Waals surface area contributed by atoms with E-state index in [9.17, 15) is 9.59 Å². The zero-order valence-corrected chi connectivity index (χ0v) is 19.1. The van der Waals surface area contributed by atoms with E-state index in [1.165, 1.54) is 5.56 Å². The van der Waals surface area contributed by atoms with Gasteiger partial charge >= 0.3 is 6.09 Å². The van der Waals surface area contributed by atoms with Gasteiger partial charge in [0.05, 0.1) is 13.2 Å². The fraction of sp³-hybridized carbons (Fsp3) is 0.440. The first-order valence-corrected chi connectivity index (χ1v) is 10.7. The summed E-state index contributed by atoms with van der Waals surface area (Å²) in [6.45, 7) is 8.03. The van der Waals surface area contributed by atoms with E-state index in [-0.39, 0.29) is 17.9 Å². The monoisotopic (exact) mass is 426 g/mol. The van der Waals surface area contributed by atoms with Gasteiger partial charge in [0.1, 0.15) is 11.8 Å². The van der Waals surface area contributed by atoms with Crippen LogP contribution in [-0.2, 0) is 22.4 Å². The highest BCUT2D eigenvalue weighted by Gasteiger charge is 2.27. The fourth-order valence-electron chi connectivity index (χ4n) is 3.29. The summed E-state index contributed by atoms with van der Waals surface area (Å²) in [7, 11) is 1.63. The van der Waals surface area contributed by atoms with E-state index in [0.717, 1.165) is 16.9 Å². The van der Waals surface area contributed by atoms with Crippen molar-refractivity contribution in [1.29, 1.82) is 0 Å². The molecule has 6 heteroatoms. The van der Waals surface area contributed by atoms with Gasteiger partial charge in [0.2, 0.25) is 5.91 Å². The third-order valence-corrected chi connectivity index (χ3v) is 5.02. The number of alkyl carbamates (subject to hydrolysis) is 1. The van der Waals surface area contributed by atoms with Gasteiger partial charge in [-0.1, -0.05) is 48.9 Å².